The van der Waals surface area contributed by atoms with Gasteiger partial charge in [0.25, 0.3) is 0 Å². The van der Waals surface area contributed by atoms with Crippen molar-refractivity contribution < 1.29 is 0 Å². The van der Waals surface area contributed by atoms with Crippen molar-refractivity contribution >= 4 is 18.9 Å². The third-order valence-electron chi connectivity index (χ3n) is 5.99. The first-order valence-electron chi connectivity index (χ1n) is 10.1. The molecule has 0 radical (unpaired) electrons. The molecule has 0 amide bonds. The van der Waals surface area contributed by atoms with E-state index in [2.05, 4.69) is 38.1 Å². The van der Waals surface area contributed by atoms with Crippen molar-refractivity contribution in [2.45, 2.75) is 89.4 Å². The van der Waals surface area contributed by atoms with Gasteiger partial charge < -0.3 is 5.41 Å². The molecule has 1 nitrogen and oxygen atoms in total. The molecule has 0 bridgehead atoms. The fraction of sp³-hybridized carbons (Fsp3) is 0.682. The minimum atomic E-state index is -0.111. The van der Waals surface area contributed by atoms with Gasteiger partial charge in [-0.15, -0.1) is 0 Å². The van der Waals surface area contributed by atoms with Gasteiger partial charge in [0.2, 0.25) is 0 Å². The van der Waals surface area contributed by atoms with Crippen molar-refractivity contribution in [2.75, 3.05) is 0 Å². The number of rotatable bonds is 5. The lowest BCUT2D eigenvalue weighted by molar-refractivity contribution is 0.487. The van der Waals surface area contributed by atoms with Crippen molar-refractivity contribution in [3.8, 4) is 0 Å². The molecule has 0 atom stereocenters. The summed E-state index contributed by atoms with van der Waals surface area (Å²) >= 11 is 0. The largest absolute Gasteiger partial charge is 0.304 e. The molecule has 1 N–H and O–H groups in total. The standard InChI is InChI=1S/C22H34NP/c1-17(2)22(23)20-15-9-10-16-21(20)24(18-11-5-3-6-12-18)19-13-7-4-8-14-19/h9-10,15-19,23H,3-8,11-14H2,1-2H3. The zero-order valence-electron chi connectivity index (χ0n) is 15.6. The van der Waals surface area contributed by atoms with Gasteiger partial charge in [-0.2, -0.15) is 0 Å². The summed E-state index contributed by atoms with van der Waals surface area (Å²) in [5.74, 6) is 0.320. The van der Waals surface area contributed by atoms with Gasteiger partial charge in [-0.25, -0.2) is 0 Å². The molecule has 2 heteroatoms. The van der Waals surface area contributed by atoms with Crippen LogP contribution in [0.25, 0.3) is 0 Å². The summed E-state index contributed by atoms with van der Waals surface area (Å²) in [7, 11) is -0.111. The molecule has 0 saturated heterocycles. The van der Waals surface area contributed by atoms with E-state index < -0.39 is 0 Å². The molecule has 24 heavy (non-hydrogen) atoms. The van der Waals surface area contributed by atoms with Gasteiger partial charge in [0.15, 0.2) is 0 Å². The van der Waals surface area contributed by atoms with Crippen molar-refractivity contribution in [3.63, 3.8) is 0 Å². The summed E-state index contributed by atoms with van der Waals surface area (Å²) in [5, 5.41) is 10.2. The van der Waals surface area contributed by atoms with Crippen LogP contribution in [0.4, 0.5) is 0 Å². The molecule has 2 saturated carbocycles. The predicted molar refractivity (Wildman–Crippen MR) is 108 cm³/mol. The third-order valence-corrected chi connectivity index (χ3v) is 9.54. The fourth-order valence-electron chi connectivity index (χ4n) is 4.65. The van der Waals surface area contributed by atoms with E-state index in [0.29, 0.717) is 5.92 Å². The van der Waals surface area contributed by atoms with Crippen LogP contribution in [0.5, 0.6) is 0 Å². The summed E-state index contributed by atoms with van der Waals surface area (Å²) in [5.41, 5.74) is 3.95. The minimum Gasteiger partial charge on any atom is -0.304 e. The van der Waals surface area contributed by atoms with Crippen LogP contribution < -0.4 is 5.30 Å². The highest BCUT2D eigenvalue weighted by atomic mass is 31.1. The highest BCUT2D eigenvalue weighted by molar-refractivity contribution is 7.67. The lowest BCUT2D eigenvalue weighted by Crippen LogP contribution is -2.29. The molecular weight excluding hydrogens is 309 g/mol. The zero-order chi connectivity index (χ0) is 16.9. The summed E-state index contributed by atoms with van der Waals surface area (Å²) in [6.45, 7) is 4.34. The Labute approximate surface area is 149 Å². The van der Waals surface area contributed by atoms with Crippen molar-refractivity contribution in [2.24, 2.45) is 5.92 Å². The predicted octanol–water partition coefficient (Wildman–Crippen LogP) is 6.48. The maximum Gasteiger partial charge on any atom is 0.0417 e. The number of nitrogens with one attached hydrogen (secondary N) is 1. The molecule has 2 aliphatic carbocycles. The average Bonchev–Trinajstić information content (AvgIpc) is 2.63. The second-order valence-corrected chi connectivity index (χ2v) is 10.8. The van der Waals surface area contributed by atoms with E-state index in [9.17, 15) is 0 Å². The van der Waals surface area contributed by atoms with Crippen LogP contribution >= 0.6 is 7.92 Å². The first-order valence-corrected chi connectivity index (χ1v) is 11.6. The van der Waals surface area contributed by atoms with Crippen LogP contribution in [0.15, 0.2) is 24.3 Å². The number of hydrogen-bond acceptors (Lipinski definition) is 1. The third kappa shape index (κ3) is 4.10. The molecule has 3 rings (SSSR count). The lowest BCUT2D eigenvalue weighted by atomic mass is 9.99. The highest BCUT2D eigenvalue weighted by Crippen LogP contribution is 2.55. The normalized spacial score (nSPS) is 20.7. The SMILES string of the molecule is CC(C)C(=N)c1ccccc1P(C1CCCCC1)C1CCCCC1. The average molecular weight is 343 g/mol. The Morgan fingerprint density at radius 2 is 1.38 bits per heavy atom. The van der Waals surface area contributed by atoms with Gasteiger partial charge in [-0.1, -0.05) is 84.6 Å². The molecule has 0 aliphatic heterocycles. The number of hydrogen-bond donors (Lipinski definition) is 1. The highest BCUT2D eigenvalue weighted by Gasteiger charge is 2.33. The second kappa shape index (κ2) is 8.61. The number of benzene rings is 1. The van der Waals surface area contributed by atoms with Gasteiger partial charge in [0, 0.05) is 11.3 Å². The van der Waals surface area contributed by atoms with Crippen molar-refractivity contribution in [1.29, 1.82) is 5.41 Å². The second-order valence-electron chi connectivity index (χ2n) is 8.08. The first-order chi connectivity index (χ1) is 11.7. The molecular formula is C22H34NP. The van der Waals surface area contributed by atoms with Gasteiger partial charge in [0.05, 0.1) is 0 Å². The topological polar surface area (TPSA) is 23.9 Å². The van der Waals surface area contributed by atoms with Crippen LogP contribution in [-0.4, -0.2) is 17.0 Å². The van der Waals surface area contributed by atoms with Gasteiger partial charge in [-0.05, 0) is 48.2 Å². The van der Waals surface area contributed by atoms with E-state index in [4.69, 9.17) is 5.41 Å². The molecule has 1 aromatic rings. The van der Waals surface area contributed by atoms with Crippen LogP contribution in [0, 0.1) is 11.3 Å². The Bertz CT molecular complexity index is 521. The van der Waals surface area contributed by atoms with Crippen LogP contribution in [0.1, 0.15) is 83.6 Å². The van der Waals surface area contributed by atoms with Gasteiger partial charge >= 0.3 is 0 Å². The Morgan fingerprint density at radius 3 is 1.88 bits per heavy atom. The summed E-state index contributed by atoms with van der Waals surface area (Å²) in [6, 6.07) is 9.00. The van der Waals surface area contributed by atoms with Crippen LogP contribution in [0.3, 0.4) is 0 Å². The van der Waals surface area contributed by atoms with E-state index in [1.54, 1.807) is 5.30 Å². The lowest BCUT2D eigenvalue weighted by Gasteiger charge is -2.39. The molecule has 1 aromatic carbocycles. The van der Waals surface area contributed by atoms with Crippen LogP contribution in [-0.2, 0) is 0 Å². The summed E-state index contributed by atoms with van der Waals surface area (Å²) in [6.07, 6.45) is 14.3. The maximum atomic E-state index is 8.66. The van der Waals surface area contributed by atoms with Crippen molar-refractivity contribution in [3.05, 3.63) is 29.8 Å². The Kier molecular flexibility index (Phi) is 6.50. The van der Waals surface area contributed by atoms with E-state index in [0.717, 1.165) is 17.0 Å². The van der Waals surface area contributed by atoms with Gasteiger partial charge in [-0.3, -0.25) is 0 Å². The van der Waals surface area contributed by atoms with E-state index >= 15 is 0 Å². The summed E-state index contributed by atoms with van der Waals surface area (Å²) in [4.78, 5) is 0. The monoisotopic (exact) mass is 343 g/mol. The zero-order valence-corrected chi connectivity index (χ0v) is 16.5. The quantitative estimate of drug-likeness (QED) is 0.467. The molecule has 0 heterocycles. The Balaban J connectivity index is 1.96. The maximum absolute atomic E-state index is 8.66. The summed E-state index contributed by atoms with van der Waals surface area (Å²) < 4.78 is 0. The molecule has 2 fully saturated rings. The molecule has 132 valence electrons. The molecule has 0 spiro atoms. The molecule has 2 aliphatic rings. The smallest absolute Gasteiger partial charge is 0.0417 e. The first kappa shape index (κ1) is 18.1. The van der Waals surface area contributed by atoms with E-state index in [-0.39, 0.29) is 7.92 Å². The van der Waals surface area contributed by atoms with E-state index in [1.807, 2.05) is 0 Å². The molecule has 0 unspecified atom stereocenters. The Morgan fingerprint density at radius 1 is 0.875 bits per heavy atom. The fourth-order valence-corrected chi connectivity index (χ4v) is 8.60. The van der Waals surface area contributed by atoms with Crippen LogP contribution in [0.2, 0.25) is 0 Å². The van der Waals surface area contributed by atoms with E-state index in [1.165, 1.54) is 69.8 Å². The van der Waals surface area contributed by atoms with Crippen molar-refractivity contribution in [1.82, 2.24) is 0 Å². The minimum absolute atomic E-state index is 0.111. The molecule has 0 aromatic heterocycles. The Hall–Kier alpha value is -0.680. The van der Waals surface area contributed by atoms with Gasteiger partial charge in [0.1, 0.15) is 0 Å².